The van der Waals surface area contributed by atoms with E-state index in [9.17, 15) is 15.0 Å². The van der Waals surface area contributed by atoms with Crippen LogP contribution in [0.3, 0.4) is 0 Å². The number of aromatic amines is 1. The highest BCUT2D eigenvalue weighted by Gasteiger charge is 2.14. The van der Waals surface area contributed by atoms with Crippen LogP contribution < -0.4 is 5.56 Å². The van der Waals surface area contributed by atoms with Gasteiger partial charge in [-0.2, -0.15) is 0 Å². The van der Waals surface area contributed by atoms with Crippen LogP contribution in [-0.2, 0) is 6.42 Å². The third-order valence-corrected chi connectivity index (χ3v) is 2.42. The third kappa shape index (κ3) is 2.02. The molecule has 1 heterocycles. The standard InChI is InChI=1S/C11H12N2O4/c14-5-4-9-10(16)12-13(11(9)17)7-2-1-3-8(15)6-7/h1-3,6,14-15,17H,4-5H2,(H,12,16). The van der Waals surface area contributed by atoms with E-state index in [4.69, 9.17) is 5.11 Å². The van der Waals surface area contributed by atoms with E-state index < -0.39 is 5.56 Å². The topological polar surface area (TPSA) is 98.5 Å². The van der Waals surface area contributed by atoms with Crippen molar-refractivity contribution >= 4 is 0 Å². The van der Waals surface area contributed by atoms with Gasteiger partial charge in [-0.25, -0.2) is 4.68 Å². The van der Waals surface area contributed by atoms with Gasteiger partial charge in [0.2, 0.25) is 5.88 Å². The van der Waals surface area contributed by atoms with Gasteiger partial charge in [-0.15, -0.1) is 0 Å². The summed E-state index contributed by atoms with van der Waals surface area (Å²) in [4.78, 5) is 11.5. The highest BCUT2D eigenvalue weighted by molar-refractivity contribution is 5.41. The highest BCUT2D eigenvalue weighted by Crippen LogP contribution is 2.21. The number of hydrogen-bond acceptors (Lipinski definition) is 4. The van der Waals surface area contributed by atoms with E-state index in [2.05, 4.69) is 5.10 Å². The lowest BCUT2D eigenvalue weighted by atomic mass is 10.2. The summed E-state index contributed by atoms with van der Waals surface area (Å²) >= 11 is 0. The van der Waals surface area contributed by atoms with Crippen molar-refractivity contribution in [2.75, 3.05) is 6.61 Å². The molecule has 0 radical (unpaired) electrons. The Labute approximate surface area is 96.4 Å². The van der Waals surface area contributed by atoms with Gasteiger partial charge in [-0.3, -0.25) is 9.89 Å². The van der Waals surface area contributed by atoms with Gasteiger partial charge in [0.1, 0.15) is 5.75 Å². The number of hydrogen-bond donors (Lipinski definition) is 4. The molecule has 0 aliphatic carbocycles. The van der Waals surface area contributed by atoms with E-state index in [0.717, 1.165) is 4.68 Å². The molecule has 0 fully saturated rings. The third-order valence-electron chi connectivity index (χ3n) is 2.42. The Bertz CT molecular complexity index is 585. The van der Waals surface area contributed by atoms with Crippen LogP contribution in [0.2, 0.25) is 0 Å². The van der Waals surface area contributed by atoms with Gasteiger partial charge in [0.15, 0.2) is 0 Å². The fourth-order valence-electron chi connectivity index (χ4n) is 1.61. The Morgan fingerprint density at radius 1 is 1.29 bits per heavy atom. The molecule has 17 heavy (non-hydrogen) atoms. The Morgan fingerprint density at radius 2 is 2.06 bits per heavy atom. The lowest BCUT2D eigenvalue weighted by molar-refractivity contribution is 0.296. The van der Waals surface area contributed by atoms with Crippen LogP contribution in [0.5, 0.6) is 11.6 Å². The number of aliphatic hydroxyl groups excluding tert-OH is 1. The van der Waals surface area contributed by atoms with Crippen LogP contribution in [-0.4, -0.2) is 31.7 Å². The van der Waals surface area contributed by atoms with Gasteiger partial charge >= 0.3 is 0 Å². The summed E-state index contributed by atoms with van der Waals surface area (Å²) in [6, 6.07) is 6.10. The second kappa shape index (κ2) is 4.34. The van der Waals surface area contributed by atoms with Gasteiger partial charge in [-0.05, 0) is 12.1 Å². The number of aromatic nitrogens is 2. The fraction of sp³-hybridized carbons (Fsp3) is 0.182. The van der Waals surface area contributed by atoms with Gasteiger partial charge in [0, 0.05) is 19.1 Å². The van der Waals surface area contributed by atoms with Crippen molar-refractivity contribution in [2.45, 2.75) is 6.42 Å². The molecular formula is C11H12N2O4. The molecular weight excluding hydrogens is 224 g/mol. The molecule has 4 N–H and O–H groups in total. The van der Waals surface area contributed by atoms with Crippen LogP contribution >= 0.6 is 0 Å². The first-order valence-corrected chi connectivity index (χ1v) is 5.06. The van der Waals surface area contributed by atoms with E-state index in [0.29, 0.717) is 5.69 Å². The molecule has 0 amide bonds. The van der Waals surface area contributed by atoms with Crippen LogP contribution in [0.1, 0.15) is 5.56 Å². The minimum atomic E-state index is -0.458. The number of aromatic hydroxyl groups is 2. The van der Waals surface area contributed by atoms with Crippen LogP contribution in [0.4, 0.5) is 0 Å². The van der Waals surface area contributed by atoms with Crippen molar-refractivity contribution in [3.63, 3.8) is 0 Å². The van der Waals surface area contributed by atoms with Crippen molar-refractivity contribution < 1.29 is 15.3 Å². The molecule has 0 atom stereocenters. The Morgan fingerprint density at radius 3 is 2.71 bits per heavy atom. The highest BCUT2D eigenvalue weighted by atomic mass is 16.3. The molecule has 0 spiro atoms. The van der Waals surface area contributed by atoms with Crippen molar-refractivity contribution in [3.8, 4) is 17.3 Å². The van der Waals surface area contributed by atoms with Crippen molar-refractivity contribution in [3.05, 3.63) is 40.2 Å². The molecule has 0 saturated heterocycles. The normalized spacial score (nSPS) is 10.6. The maximum Gasteiger partial charge on any atom is 0.271 e. The van der Waals surface area contributed by atoms with E-state index in [1.165, 1.54) is 12.1 Å². The van der Waals surface area contributed by atoms with Gasteiger partial charge in [-0.1, -0.05) is 6.07 Å². The summed E-state index contributed by atoms with van der Waals surface area (Å²) in [6.07, 6.45) is 0.0764. The Kier molecular flexibility index (Phi) is 2.88. The molecule has 6 nitrogen and oxygen atoms in total. The van der Waals surface area contributed by atoms with Crippen molar-refractivity contribution in [1.82, 2.24) is 9.78 Å². The quantitative estimate of drug-likeness (QED) is 0.608. The molecule has 0 saturated carbocycles. The molecule has 90 valence electrons. The number of rotatable bonds is 3. The largest absolute Gasteiger partial charge is 0.508 e. The molecule has 6 heteroatoms. The monoisotopic (exact) mass is 236 g/mol. The maximum atomic E-state index is 11.5. The van der Waals surface area contributed by atoms with E-state index >= 15 is 0 Å². The number of nitrogens with one attached hydrogen (secondary N) is 1. The number of benzene rings is 1. The minimum Gasteiger partial charge on any atom is -0.508 e. The van der Waals surface area contributed by atoms with Crippen molar-refractivity contribution in [2.24, 2.45) is 0 Å². The number of aliphatic hydroxyl groups is 1. The Balaban J connectivity index is 2.54. The van der Waals surface area contributed by atoms with Gasteiger partial charge in [0.05, 0.1) is 11.3 Å². The molecule has 0 aliphatic rings. The maximum absolute atomic E-state index is 11.5. The number of phenolic OH excluding ortho intramolecular Hbond substituents is 1. The summed E-state index contributed by atoms with van der Waals surface area (Å²) in [5.74, 6) is -0.227. The van der Waals surface area contributed by atoms with Crippen LogP contribution in [0.15, 0.2) is 29.1 Å². The summed E-state index contributed by atoms with van der Waals surface area (Å²) in [5.41, 5.74) is 0.0968. The van der Waals surface area contributed by atoms with E-state index in [-0.39, 0.29) is 30.2 Å². The van der Waals surface area contributed by atoms with Gasteiger partial charge in [0.25, 0.3) is 5.56 Å². The predicted molar refractivity (Wildman–Crippen MR) is 60.5 cm³/mol. The first-order chi connectivity index (χ1) is 8.13. The lowest BCUT2D eigenvalue weighted by Crippen LogP contribution is -2.08. The second-order valence-corrected chi connectivity index (χ2v) is 3.57. The van der Waals surface area contributed by atoms with Crippen molar-refractivity contribution in [1.29, 1.82) is 0 Å². The van der Waals surface area contributed by atoms with E-state index in [1.807, 2.05) is 0 Å². The number of nitrogens with zero attached hydrogens (tertiary/aromatic N) is 1. The molecule has 0 unspecified atom stereocenters. The predicted octanol–water partition coefficient (Wildman–Crippen LogP) is 0.112. The molecule has 2 rings (SSSR count). The molecule has 1 aromatic carbocycles. The van der Waals surface area contributed by atoms with E-state index in [1.54, 1.807) is 12.1 Å². The molecule has 0 bridgehead atoms. The summed E-state index contributed by atoms with van der Waals surface area (Å²) in [7, 11) is 0. The van der Waals surface area contributed by atoms with Crippen LogP contribution in [0.25, 0.3) is 5.69 Å². The average molecular weight is 236 g/mol. The number of phenols is 1. The summed E-state index contributed by atoms with van der Waals surface area (Å²) in [5, 5.41) is 30.4. The fourth-order valence-corrected chi connectivity index (χ4v) is 1.61. The number of H-pyrrole nitrogens is 1. The minimum absolute atomic E-state index is 0.0279. The zero-order valence-corrected chi connectivity index (χ0v) is 8.92. The average Bonchev–Trinajstić information content (AvgIpc) is 2.57. The first-order valence-electron chi connectivity index (χ1n) is 5.06. The SMILES string of the molecule is O=c1[nH]n(-c2cccc(O)c2)c(O)c1CCO. The molecule has 2 aromatic rings. The smallest absolute Gasteiger partial charge is 0.271 e. The molecule has 1 aromatic heterocycles. The summed E-state index contributed by atoms with van der Waals surface area (Å²) in [6.45, 7) is -0.222. The molecule has 0 aliphatic heterocycles. The Hall–Kier alpha value is -2.21. The zero-order valence-electron chi connectivity index (χ0n) is 8.92. The second-order valence-electron chi connectivity index (χ2n) is 3.57. The lowest BCUT2D eigenvalue weighted by Gasteiger charge is -2.04. The van der Waals surface area contributed by atoms with Crippen LogP contribution in [0, 0.1) is 0 Å². The zero-order chi connectivity index (χ0) is 12.4. The van der Waals surface area contributed by atoms with Gasteiger partial charge < -0.3 is 15.3 Å². The first kappa shape index (κ1) is 11.3. The summed E-state index contributed by atoms with van der Waals surface area (Å²) < 4.78 is 1.16.